The number of carbonyl (C=O) groups is 1. The third-order valence-electron chi connectivity index (χ3n) is 2.74. The van der Waals surface area contributed by atoms with Crippen LogP contribution in [0.4, 0.5) is 0 Å². The molecule has 0 unspecified atom stereocenters. The van der Waals surface area contributed by atoms with Crippen molar-refractivity contribution in [3.05, 3.63) is 35.4 Å². The Bertz CT molecular complexity index is 336. The fraction of sp³-hybridized carbons (Fsp3) is 0.462. The summed E-state index contributed by atoms with van der Waals surface area (Å²) >= 11 is 0. The van der Waals surface area contributed by atoms with E-state index >= 15 is 0 Å². The Morgan fingerprint density at radius 3 is 2.53 bits per heavy atom. The summed E-state index contributed by atoms with van der Waals surface area (Å²) in [4.78, 5) is 11.6. The van der Waals surface area contributed by atoms with Gasteiger partial charge >= 0.3 is 5.97 Å². The second-order valence-corrected chi connectivity index (χ2v) is 4.09. The summed E-state index contributed by atoms with van der Waals surface area (Å²) in [5, 5.41) is 0. The molecule has 0 saturated heterocycles. The molecule has 2 nitrogen and oxygen atoms in total. The van der Waals surface area contributed by atoms with Crippen molar-refractivity contribution in [1.82, 2.24) is 0 Å². The van der Waals surface area contributed by atoms with Crippen LogP contribution in [-0.2, 0) is 11.2 Å². The van der Waals surface area contributed by atoms with Gasteiger partial charge in [0.25, 0.3) is 0 Å². The number of hydrogen-bond acceptors (Lipinski definition) is 2. The van der Waals surface area contributed by atoms with Gasteiger partial charge in [-0.1, -0.05) is 19.1 Å². The summed E-state index contributed by atoms with van der Waals surface area (Å²) in [6.07, 6.45) is 3.42. The molecule has 1 fully saturated rings. The highest BCUT2D eigenvalue weighted by Crippen LogP contribution is 2.29. The van der Waals surface area contributed by atoms with Crippen molar-refractivity contribution in [3.63, 3.8) is 0 Å². The van der Waals surface area contributed by atoms with Gasteiger partial charge in [0, 0.05) is 0 Å². The first-order chi connectivity index (χ1) is 7.29. The molecule has 0 aromatic heterocycles. The van der Waals surface area contributed by atoms with Gasteiger partial charge in [-0.2, -0.15) is 0 Å². The first-order valence-electron chi connectivity index (χ1n) is 5.55. The summed E-state index contributed by atoms with van der Waals surface area (Å²) in [5.41, 5.74) is 1.90. The van der Waals surface area contributed by atoms with Crippen LogP contribution < -0.4 is 0 Å². The lowest BCUT2D eigenvalue weighted by molar-refractivity contribution is 0.0486. The van der Waals surface area contributed by atoms with Gasteiger partial charge in [-0.15, -0.1) is 0 Å². The van der Waals surface area contributed by atoms with Crippen LogP contribution in [0, 0.1) is 5.92 Å². The van der Waals surface area contributed by atoms with Crippen molar-refractivity contribution in [2.24, 2.45) is 5.92 Å². The lowest BCUT2D eigenvalue weighted by atomic mass is 10.1. The average molecular weight is 204 g/mol. The second-order valence-electron chi connectivity index (χ2n) is 4.09. The van der Waals surface area contributed by atoms with Crippen LogP contribution in [0.1, 0.15) is 35.7 Å². The van der Waals surface area contributed by atoms with Gasteiger partial charge in [0.1, 0.15) is 0 Å². The molecule has 80 valence electrons. The molecule has 15 heavy (non-hydrogen) atoms. The zero-order chi connectivity index (χ0) is 10.7. The van der Waals surface area contributed by atoms with Crippen molar-refractivity contribution in [2.75, 3.05) is 6.61 Å². The van der Waals surface area contributed by atoms with E-state index in [1.54, 1.807) is 0 Å². The van der Waals surface area contributed by atoms with Crippen LogP contribution in [0.3, 0.4) is 0 Å². The van der Waals surface area contributed by atoms with Gasteiger partial charge < -0.3 is 4.74 Å². The molecule has 1 aliphatic rings. The minimum absolute atomic E-state index is 0.190. The third kappa shape index (κ3) is 2.82. The maximum absolute atomic E-state index is 11.6. The number of rotatable bonds is 4. The topological polar surface area (TPSA) is 26.3 Å². The first kappa shape index (κ1) is 10.2. The van der Waals surface area contributed by atoms with E-state index in [2.05, 4.69) is 6.92 Å². The molecule has 1 aromatic rings. The Hall–Kier alpha value is -1.31. The molecule has 1 aromatic carbocycles. The molecule has 0 aliphatic heterocycles. The van der Waals surface area contributed by atoms with Gasteiger partial charge in [-0.05, 0) is 42.9 Å². The summed E-state index contributed by atoms with van der Waals surface area (Å²) in [6.45, 7) is 2.69. The Morgan fingerprint density at radius 2 is 2.00 bits per heavy atom. The SMILES string of the molecule is CCc1ccc(C(=O)OCC2CC2)cc1. The highest BCUT2D eigenvalue weighted by atomic mass is 16.5. The number of benzene rings is 1. The van der Waals surface area contributed by atoms with Crippen molar-refractivity contribution < 1.29 is 9.53 Å². The number of esters is 1. The van der Waals surface area contributed by atoms with Gasteiger partial charge in [0.15, 0.2) is 0 Å². The number of carbonyl (C=O) groups excluding carboxylic acids is 1. The van der Waals surface area contributed by atoms with Crippen LogP contribution in [0.15, 0.2) is 24.3 Å². The maximum atomic E-state index is 11.6. The number of ether oxygens (including phenoxy) is 1. The molecule has 0 radical (unpaired) electrons. The number of hydrogen-bond donors (Lipinski definition) is 0. The van der Waals surface area contributed by atoms with Crippen LogP contribution in [-0.4, -0.2) is 12.6 Å². The largest absolute Gasteiger partial charge is 0.462 e. The van der Waals surface area contributed by atoms with Crippen molar-refractivity contribution in [2.45, 2.75) is 26.2 Å². The van der Waals surface area contributed by atoms with Crippen LogP contribution in [0.25, 0.3) is 0 Å². The summed E-state index contributed by atoms with van der Waals surface area (Å²) in [6, 6.07) is 7.64. The minimum Gasteiger partial charge on any atom is -0.462 e. The summed E-state index contributed by atoms with van der Waals surface area (Å²) in [5.74, 6) is 0.438. The smallest absolute Gasteiger partial charge is 0.338 e. The molecule has 0 N–H and O–H groups in total. The predicted octanol–water partition coefficient (Wildman–Crippen LogP) is 2.82. The first-order valence-corrected chi connectivity index (χ1v) is 5.55. The van der Waals surface area contributed by atoms with Crippen LogP contribution in [0.5, 0.6) is 0 Å². The lowest BCUT2D eigenvalue weighted by Gasteiger charge is -2.04. The van der Waals surface area contributed by atoms with E-state index in [4.69, 9.17) is 4.74 Å². The van der Waals surface area contributed by atoms with Gasteiger partial charge in [0.2, 0.25) is 0 Å². The predicted molar refractivity (Wildman–Crippen MR) is 58.8 cm³/mol. The normalized spacial score (nSPS) is 15.0. The highest BCUT2D eigenvalue weighted by Gasteiger charge is 2.23. The van der Waals surface area contributed by atoms with Crippen molar-refractivity contribution >= 4 is 5.97 Å². The monoisotopic (exact) mass is 204 g/mol. The molecule has 0 heterocycles. The van der Waals surface area contributed by atoms with Gasteiger partial charge in [0.05, 0.1) is 12.2 Å². The fourth-order valence-electron chi connectivity index (χ4n) is 1.44. The maximum Gasteiger partial charge on any atom is 0.338 e. The van der Waals surface area contributed by atoms with Gasteiger partial charge in [-0.25, -0.2) is 4.79 Å². The Labute approximate surface area is 90.3 Å². The van der Waals surface area contributed by atoms with E-state index in [0.717, 1.165) is 6.42 Å². The third-order valence-corrected chi connectivity index (χ3v) is 2.74. The summed E-state index contributed by atoms with van der Waals surface area (Å²) in [7, 11) is 0. The van der Waals surface area contributed by atoms with E-state index in [9.17, 15) is 4.79 Å². The molecular weight excluding hydrogens is 188 g/mol. The number of aryl methyl sites for hydroxylation is 1. The average Bonchev–Trinajstić information content (AvgIpc) is 3.10. The molecule has 2 rings (SSSR count). The van der Waals surface area contributed by atoms with Crippen LogP contribution in [0.2, 0.25) is 0 Å². The van der Waals surface area contributed by atoms with E-state index in [1.807, 2.05) is 24.3 Å². The Morgan fingerprint density at radius 1 is 1.33 bits per heavy atom. The van der Waals surface area contributed by atoms with E-state index in [0.29, 0.717) is 18.1 Å². The molecule has 0 atom stereocenters. The van der Waals surface area contributed by atoms with Crippen LogP contribution >= 0.6 is 0 Å². The van der Waals surface area contributed by atoms with E-state index < -0.39 is 0 Å². The molecule has 0 bridgehead atoms. The van der Waals surface area contributed by atoms with Crippen molar-refractivity contribution in [3.8, 4) is 0 Å². The van der Waals surface area contributed by atoms with E-state index in [1.165, 1.54) is 18.4 Å². The summed E-state index contributed by atoms with van der Waals surface area (Å²) < 4.78 is 5.19. The lowest BCUT2D eigenvalue weighted by Crippen LogP contribution is -2.07. The second kappa shape index (κ2) is 4.47. The molecule has 0 spiro atoms. The minimum atomic E-state index is -0.190. The Balaban J connectivity index is 1.91. The molecular formula is C13H16O2. The molecule has 0 amide bonds. The molecule has 1 saturated carbocycles. The molecule has 2 heteroatoms. The fourth-order valence-corrected chi connectivity index (χ4v) is 1.44. The quantitative estimate of drug-likeness (QED) is 0.705. The molecule has 1 aliphatic carbocycles. The van der Waals surface area contributed by atoms with Crippen molar-refractivity contribution in [1.29, 1.82) is 0 Å². The zero-order valence-electron chi connectivity index (χ0n) is 9.03. The van der Waals surface area contributed by atoms with E-state index in [-0.39, 0.29) is 5.97 Å². The Kier molecular flexibility index (Phi) is 3.05. The standard InChI is InChI=1S/C13H16O2/c1-2-10-5-7-12(8-6-10)13(14)15-9-11-3-4-11/h5-8,11H,2-4,9H2,1H3. The van der Waals surface area contributed by atoms with Gasteiger partial charge in [-0.3, -0.25) is 0 Å². The highest BCUT2D eigenvalue weighted by molar-refractivity contribution is 5.89. The zero-order valence-corrected chi connectivity index (χ0v) is 9.03.